The Kier molecular flexibility index (Phi) is 3.29. The largest absolute Gasteiger partial charge is 0.396 e. The maximum atomic E-state index is 9.14. The fraction of sp³-hybridized carbons (Fsp3) is 0.500. The number of likely N-dealkylation sites (tertiary alicyclic amines) is 1. The van der Waals surface area contributed by atoms with Gasteiger partial charge in [0.15, 0.2) is 0 Å². The van der Waals surface area contributed by atoms with Crippen molar-refractivity contribution in [3.8, 4) is 0 Å². The predicted octanol–water partition coefficient (Wildman–Crippen LogP) is 2.33. The molecule has 1 heterocycles. The first-order valence-electron chi connectivity index (χ1n) is 5.27. The van der Waals surface area contributed by atoms with Crippen LogP contribution in [0.5, 0.6) is 0 Å². The summed E-state index contributed by atoms with van der Waals surface area (Å²) in [7, 11) is 2.11. The third kappa shape index (κ3) is 2.33. The van der Waals surface area contributed by atoms with Crippen LogP contribution in [0.2, 0.25) is 5.02 Å². The van der Waals surface area contributed by atoms with Gasteiger partial charge in [-0.15, -0.1) is 0 Å². The van der Waals surface area contributed by atoms with Crippen molar-refractivity contribution in [1.82, 2.24) is 4.90 Å². The van der Waals surface area contributed by atoms with E-state index in [9.17, 15) is 0 Å². The second kappa shape index (κ2) is 4.52. The van der Waals surface area contributed by atoms with Crippen LogP contribution >= 0.6 is 11.6 Å². The summed E-state index contributed by atoms with van der Waals surface area (Å²) < 4.78 is 0. The smallest absolute Gasteiger partial charge is 0.0472 e. The van der Waals surface area contributed by atoms with Gasteiger partial charge in [0, 0.05) is 24.2 Å². The molecule has 2 unspecified atom stereocenters. The van der Waals surface area contributed by atoms with E-state index in [1.807, 2.05) is 12.1 Å². The number of benzene rings is 1. The van der Waals surface area contributed by atoms with Gasteiger partial charge in [-0.1, -0.05) is 23.7 Å². The molecule has 1 aromatic rings. The molecule has 1 N–H and O–H groups in total. The van der Waals surface area contributed by atoms with Crippen LogP contribution in [0.25, 0.3) is 0 Å². The molecule has 0 spiro atoms. The van der Waals surface area contributed by atoms with Crippen LogP contribution in [-0.2, 0) is 0 Å². The highest BCUT2D eigenvalue weighted by Crippen LogP contribution is 2.34. The molecule has 0 aromatic heterocycles. The van der Waals surface area contributed by atoms with Crippen molar-refractivity contribution in [1.29, 1.82) is 0 Å². The van der Waals surface area contributed by atoms with E-state index < -0.39 is 0 Å². The average molecular weight is 226 g/mol. The minimum absolute atomic E-state index is 0.286. The first kappa shape index (κ1) is 10.9. The van der Waals surface area contributed by atoms with Gasteiger partial charge in [-0.05, 0) is 37.1 Å². The summed E-state index contributed by atoms with van der Waals surface area (Å²) in [6.07, 6.45) is 1.04. The van der Waals surface area contributed by atoms with Crippen LogP contribution in [0.3, 0.4) is 0 Å². The Morgan fingerprint density at radius 2 is 2.07 bits per heavy atom. The monoisotopic (exact) mass is 225 g/mol. The number of aliphatic hydroxyl groups excluding tert-OH is 1. The summed E-state index contributed by atoms with van der Waals surface area (Å²) in [5.41, 5.74) is 1.29. The third-order valence-corrected chi connectivity index (χ3v) is 3.40. The Balaban J connectivity index is 2.14. The number of aliphatic hydroxyl groups is 1. The molecule has 1 fully saturated rings. The van der Waals surface area contributed by atoms with Crippen LogP contribution in [0, 0.1) is 5.92 Å². The zero-order valence-corrected chi connectivity index (χ0v) is 9.61. The summed E-state index contributed by atoms with van der Waals surface area (Å²) in [5.74, 6) is 0.413. The van der Waals surface area contributed by atoms with Crippen molar-refractivity contribution < 1.29 is 5.11 Å². The van der Waals surface area contributed by atoms with Crippen LogP contribution < -0.4 is 0 Å². The highest BCUT2D eigenvalue weighted by Gasteiger charge is 2.29. The van der Waals surface area contributed by atoms with Crippen LogP contribution in [0.15, 0.2) is 24.3 Å². The molecule has 0 bridgehead atoms. The summed E-state index contributed by atoms with van der Waals surface area (Å²) in [4.78, 5) is 2.30. The Labute approximate surface area is 95.5 Å². The summed E-state index contributed by atoms with van der Waals surface area (Å²) in [6.45, 7) is 1.26. The van der Waals surface area contributed by atoms with Crippen molar-refractivity contribution in [3.05, 3.63) is 34.9 Å². The minimum Gasteiger partial charge on any atom is -0.396 e. The first-order chi connectivity index (χ1) is 7.20. The van der Waals surface area contributed by atoms with Gasteiger partial charge < -0.3 is 5.11 Å². The lowest BCUT2D eigenvalue weighted by Gasteiger charge is -2.19. The molecule has 1 aromatic carbocycles. The maximum absolute atomic E-state index is 9.14. The molecular weight excluding hydrogens is 210 g/mol. The van der Waals surface area contributed by atoms with Gasteiger partial charge in [0.1, 0.15) is 0 Å². The van der Waals surface area contributed by atoms with E-state index in [0.29, 0.717) is 12.0 Å². The van der Waals surface area contributed by atoms with Gasteiger partial charge in [-0.3, -0.25) is 4.90 Å². The van der Waals surface area contributed by atoms with E-state index in [0.717, 1.165) is 18.0 Å². The van der Waals surface area contributed by atoms with E-state index in [1.54, 1.807) is 0 Å². The van der Waals surface area contributed by atoms with Gasteiger partial charge in [0.05, 0.1) is 0 Å². The Morgan fingerprint density at radius 3 is 2.60 bits per heavy atom. The number of hydrogen-bond donors (Lipinski definition) is 1. The van der Waals surface area contributed by atoms with Crippen molar-refractivity contribution in [2.45, 2.75) is 12.5 Å². The molecular formula is C12H16ClNO. The van der Waals surface area contributed by atoms with Crippen LogP contribution in [0.4, 0.5) is 0 Å². The number of hydrogen-bond acceptors (Lipinski definition) is 2. The zero-order chi connectivity index (χ0) is 10.8. The lowest BCUT2D eigenvalue weighted by Crippen LogP contribution is -2.18. The standard InChI is InChI=1S/C12H16ClNO/c1-14-7-9(8-15)6-12(14)10-2-4-11(13)5-3-10/h2-5,9,12,15H,6-8H2,1H3. The molecule has 0 amide bonds. The van der Waals surface area contributed by atoms with Crippen molar-refractivity contribution in [3.63, 3.8) is 0 Å². The van der Waals surface area contributed by atoms with Gasteiger partial charge in [0.2, 0.25) is 0 Å². The van der Waals surface area contributed by atoms with Gasteiger partial charge in [-0.2, -0.15) is 0 Å². The molecule has 1 aliphatic rings. The molecule has 82 valence electrons. The average Bonchev–Trinajstić information content (AvgIpc) is 2.61. The Morgan fingerprint density at radius 1 is 1.40 bits per heavy atom. The first-order valence-corrected chi connectivity index (χ1v) is 5.65. The van der Waals surface area contributed by atoms with E-state index in [-0.39, 0.29) is 6.61 Å². The van der Waals surface area contributed by atoms with Crippen molar-refractivity contribution in [2.24, 2.45) is 5.92 Å². The van der Waals surface area contributed by atoms with E-state index in [2.05, 4.69) is 24.1 Å². The van der Waals surface area contributed by atoms with E-state index in [4.69, 9.17) is 16.7 Å². The molecule has 0 radical (unpaired) electrons. The third-order valence-electron chi connectivity index (χ3n) is 3.15. The zero-order valence-electron chi connectivity index (χ0n) is 8.86. The van der Waals surface area contributed by atoms with E-state index >= 15 is 0 Å². The molecule has 0 aliphatic carbocycles. The highest BCUT2D eigenvalue weighted by atomic mass is 35.5. The number of rotatable bonds is 2. The molecule has 3 heteroatoms. The predicted molar refractivity (Wildman–Crippen MR) is 62.0 cm³/mol. The highest BCUT2D eigenvalue weighted by molar-refractivity contribution is 6.30. The molecule has 2 rings (SSSR count). The summed E-state index contributed by atoms with van der Waals surface area (Å²) in [6, 6.07) is 8.43. The molecule has 1 saturated heterocycles. The van der Waals surface area contributed by atoms with Gasteiger partial charge >= 0.3 is 0 Å². The second-order valence-electron chi connectivity index (χ2n) is 4.29. The maximum Gasteiger partial charge on any atom is 0.0472 e. The minimum atomic E-state index is 0.286. The molecule has 0 saturated carbocycles. The topological polar surface area (TPSA) is 23.5 Å². The summed E-state index contributed by atoms with van der Waals surface area (Å²) >= 11 is 5.86. The molecule has 2 atom stereocenters. The Hall–Kier alpha value is -0.570. The second-order valence-corrected chi connectivity index (χ2v) is 4.73. The lowest BCUT2D eigenvalue weighted by molar-refractivity contribution is 0.227. The molecule has 1 aliphatic heterocycles. The van der Waals surface area contributed by atoms with Gasteiger partial charge in [0.25, 0.3) is 0 Å². The molecule has 2 nitrogen and oxygen atoms in total. The Bertz CT molecular complexity index is 325. The normalized spacial score (nSPS) is 27.1. The SMILES string of the molecule is CN1CC(CO)CC1c1ccc(Cl)cc1. The van der Waals surface area contributed by atoms with Crippen molar-refractivity contribution >= 4 is 11.6 Å². The number of halogens is 1. The fourth-order valence-corrected chi connectivity index (χ4v) is 2.44. The van der Waals surface area contributed by atoms with E-state index in [1.165, 1.54) is 5.56 Å². The quantitative estimate of drug-likeness (QED) is 0.835. The van der Waals surface area contributed by atoms with Crippen LogP contribution in [-0.4, -0.2) is 30.2 Å². The van der Waals surface area contributed by atoms with Crippen molar-refractivity contribution in [2.75, 3.05) is 20.2 Å². The fourth-order valence-electron chi connectivity index (χ4n) is 2.31. The molecule has 15 heavy (non-hydrogen) atoms. The lowest BCUT2D eigenvalue weighted by atomic mass is 10.0. The number of nitrogens with zero attached hydrogens (tertiary/aromatic N) is 1. The van der Waals surface area contributed by atoms with Crippen LogP contribution in [0.1, 0.15) is 18.0 Å². The van der Waals surface area contributed by atoms with Gasteiger partial charge in [-0.25, -0.2) is 0 Å². The summed E-state index contributed by atoms with van der Waals surface area (Å²) in [5, 5.41) is 9.92.